The lowest BCUT2D eigenvalue weighted by Gasteiger charge is -2.37. The SMILES string of the molecule is CC(C)(C)[C@@H]1C=C[C@@H]2CO[Si](C)(C)C2C1. The van der Waals surface area contributed by atoms with E-state index >= 15 is 0 Å². The summed E-state index contributed by atoms with van der Waals surface area (Å²) >= 11 is 0. The molecule has 0 saturated carbocycles. The van der Waals surface area contributed by atoms with Crippen molar-refractivity contribution in [1.82, 2.24) is 0 Å². The van der Waals surface area contributed by atoms with E-state index in [1.54, 1.807) is 0 Å². The van der Waals surface area contributed by atoms with Crippen LogP contribution in [0.25, 0.3) is 0 Å². The summed E-state index contributed by atoms with van der Waals surface area (Å²) in [6, 6.07) is 0. The van der Waals surface area contributed by atoms with Crippen LogP contribution in [0, 0.1) is 17.3 Å². The van der Waals surface area contributed by atoms with Crippen molar-refractivity contribution in [2.24, 2.45) is 17.3 Å². The summed E-state index contributed by atoms with van der Waals surface area (Å²) < 4.78 is 6.04. The summed E-state index contributed by atoms with van der Waals surface area (Å²) in [5, 5.41) is 0. The van der Waals surface area contributed by atoms with Gasteiger partial charge in [-0.2, -0.15) is 0 Å². The highest BCUT2D eigenvalue weighted by Crippen LogP contribution is 2.49. The Morgan fingerprint density at radius 2 is 1.87 bits per heavy atom. The summed E-state index contributed by atoms with van der Waals surface area (Å²) in [6.45, 7) is 12.8. The van der Waals surface area contributed by atoms with Crippen LogP contribution in [0.3, 0.4) is 0 Å². The van der Waals surface area contributed by atoms with E-state index in [0.717, 1.165) is 24.0 Å². The van der Waals surface area contributed by atoms with Crippen LogP contribution < -0.4 is 0 Å². The third kappa shape index (κ3) is 2.07. The number of allylic oxidation sites excluding steroid dienone is 1. The zero-order valence-electron chi connectivity index (χ0n) is 10.7. The van der Waals surface area contributed by atoms with Crippen molar-refractivity contribution in [3.63, 3.8) is 0 Å². The molecule has 0 bridgehead atoms. The van der Waals surface area contributed by atoms with Crippen LogP contribution in [-0.2, 0) is 4.43 Å². The number of hydrogen-bond acceptors (Lipinski definition) is 1. The monoisotopic (exact) mass is 224 g/mol. The van der Waals surface area contributed by atoms with E-state index in [2.05, 4.69) is 46.0 Å². The van der Waals surface area contributed by atoms with Crippen molar-refractivity contribution in [2.75, 3.05) is 6.61 Å². The molecule has 1 nitrogen and oxygen atoms in total. The molecule has 0 aromatic rings. The normalized spacial score (nSPS) is 39.1. The molecule has 0 N–H and O–H groups in total. The van der Waals surface area contributed by atoms with Crippen molar-refractivity contribution >= 4 is 8.32 Å². The predicted molar refractivity (Wildman–Crippen MR) is 67.4 cm³/mol. The van der Waals surface area contributed by atoms with E-state index in [1.165, 1.54) is 6.42 Å². The fraction of sp³-hybridized carbons (Fsp3) is 0.846. The molecule has 1 saturated heterocycles. The third-order valence-electron chi connectivity index (χ3n) is 4.27. The number of rotatable bonds is 0. The van der Waals surface area contributed by atoms with Crippen LogP contribution >= 0.6 is 0 Å². The topological polar surface area (TPSA) is 9.23 Å². The Morgan fingerprint density at radius 1 is 1.20 bits per heavy atom. The van der Waals surface area contributed by atoms with Gasteiger partial charge in [0.1, 0.15) is 0 Å². The van der Waals surface area contributed by atoms with Crippen LogP contribution in [0.4, 0.5) is 0 Å². The first kappa shape index (κ1) is 11.4. The largest absolute Gasteiger partial charge is 0.416 e. The van der Waals surface area contributed by atoms with Gasteiger partial charge in [-0.15, -0.1) is 0 Å². The Hall–Kier alpha value is -0.0831. The summed E-state index contributed by atoms with van der Waals surface area (Å²) in [7, 11) is -1.37. The molecule has 1 aliphatic heterocycles. The first-order chi connectivity index (χ1) is 6.81. The molecule has 1 heterocycles. The Labute approximate surface area is 95.0 Å². The Morgan fingerprint density at radius 3 is 2.47 bits per heavy atom. The summed E-state index contributed by atoms with van der Waals surface area (Å²) in [6.07, 6.45) is 6.23. The van der Waals surface area contributed by atoms with Crippen molar-refractivity contribution in [1.29, 1.82) is 0 Å². The highest BCUT2D eigenvalue weighted by atomic mass is 28.4. The highest BCUT2D eigenvalue weighted by molar-refractivity contribution is 6.73. The van der Waals surface area contributed by atoms with E-state index < -0.39 is 8.32 Å². The minimum Gasteiger partial charge on any atom is -0.416 e. The Balaban J connectivity index is 2.18. The second-order valence-corrected chi connectivity index (χ2v) is 11.0. The van der Waals surface area contributed by atoms with Gasteiger partial charge in [0.25, 0.3) is 0 Å². The van der Waals surface area contributed by atoms with Crippen LogP contribution in [0.2, 0.25) is 18.6 Å². The molecule has 2 heteroatoms. The van der Waals surface area contributed by atoms with Gasteiger partial charge >= 0.3 is 0 Å². The van der Waals surface area contributed by atoms with Crippen molar-refractivity contribution < 1.29 is 4.43 Å². The standard InChI is InChI=1S/C13H24OSi/c1-13(2,3)11-7-6-10-9-14-15(4,5)12(10)8-11/h6-7,10-12H,8-9H2,1-5H3/t10-,11-,12?/m1/s1. The lowest BCUT2D eigenvalue weighted by atomic mass is 9.73. The third-order valence-corrected chi connectivity index (χ3v) is 7.63. The van der Waals surface area contributed by atoms with Crippen molar-refractivity contribution in [3.8, 4) is 0 Å². The molecule has 0 aromatic heterocycles. The minimum absolute atomic E-state index is 0.411. The van der Waals surface area contributed by atoms with Crippen molar-refractivity contribution in [2.45, 2.75) is 45.8 Å². The second-order valence-electron chi connectivity index (χ2n) is 6.78. The van der Waals surface area contributed by atoms with Gasteiger partial charge in [-0.1, -0.05) is 32.9 Å². The zero-order chi connectivity index (χ0) is 11.3. The van der Waals surface area contributed by atoms with Gasteiger partial charge in [-0.05, 0) is 36.4 Å². The predicted octanol–water partition coefficient (Wildman–Crippen LogP) is 3.83. The van der Waals surface area contributed by atoms with Crippen LogP contribution in [0.1, 0.15) is 27.2 Å². The molecule has 1 unspecified atom stereocenters. The van der Waals surface area contributed by atoms with Gasteiger partial charge < -0.3 is 4.43 Å². The molecule has 2 rings (SSSR count). The molecule has 15 heavy (non-hydrogen) atoms. The van der Waals surface area contributed by atoms with Gasteiger partial charge in [0, 0.05) is 12.5 Å². The molecular formula is C13H24OSi. The molecule has 1 fully saturated rings. The van der Waals surface area contributed by atoms with E-state index in [9.17, 15) is 0 Å². The van der Waals surface area contributed by atoms with Gasteiger partial charge in [0.2, 0.25) is 0 Å². The Bertz CT molecular complexity index is 275. The molecule has 0 radical (unpaired) electrons. The molecule has 1 aliphatic carbocycles. The fourth-order valence-electron chi connectivity index (χ4n) is 2.97. The lowest BCUT2D eigenvalue weighted by molar-refractivity contribution is 0.252. The quantitative estimate of drug-likeness (QED) is 0.449. The molecule has 0 amide bonds. The number of hydrogen-bond donors (Lipinski definition) is 0. The Kier molecular flexibility index (Phi) is 2.63. The molecular weight excluding hydrogens is 200 g/mol. The van der Waals surface area contributed by atoms with E-state index in [4.69, 9.17) is 4.43 Å². The molecule has 86 valence electrons. The fourth-order valence-corrected chi connectivity index (χ4v) is 5.87. The van der Waals surface area contributed by atoms with E-state index in [-0.39, 0.29) is 0 Å². The first-order valence-electron chi connectivity index (χ1n) is 6.13. The minimum atomic E-state index is -1.37. The van der Waals surface area contributed by atoms with Crippen LogP contribution in [0.5, 0.6) is 0 Å². The van der Waals surface area contributed by atoms with E-state index in [0.29, 0.717) is 5.41 Å². The van der Waals surface area contributed by atoms with E-state index in [1.807, 2.05) is 0 Å². The van der Waals surface area contributed by atoms with Crippen LogP contribution in [-0.4, -0.2) is 14.9 Å². The summed E-state index contributed by atoms with van der Waals surface area (Å²) in [4.78, 5) is 0. The number of fused-ring (bicyclic) bond motifs is 1. The van der Waals surface area contributed by atoms with Gasteiger partial charge in [-0.25, -0.2) is 0 Å². The molecule has 0 aromatic carbocycles. The highest BCUT2D eigenvalue weighted by Gasteiger charge is 2.47. The maximum atomic E-state index is 6.04. The van der Waals surface area contributed by atoms with Crippen molar-refractivity contribution in [3.05, 3.63) is 12.2 Å². The first-order valence-corrected chi connectivity index (χ1v) is 9.11. The maximum absolute atomic E-state index is 6.04. The van der Waals surface area contributed by atoms with Gasteiger partial charge in [0.05, 0.1) is 0 Å². The van der Waals surface area contributed by atoms with Crippen LogP contribution in [0.15, 0.2) is 12.2 Å². The second kappa shape index (κ2) is 3.46. The summed E-state index contributed by atoms with van der Waals surface area (Å²) in [5.41, 5.74) is 1.26. The lowest BCUT2D eigenvalue weighted by Crippen LogP contribution is -2.35. The smallest absolute Gasteiger partial charge is 0.190 e. The van der Waals surface area contributed by atoms with Gasteiger partial charge in [-0.3, -0.25) is 0 Å². The molecule has 0 spiro atoms. The zero-order valence-corrected chi connectivity index (χ0v) is 11.7. The molecule has 2 aliphatic rings. The average molecular weight is 224 g/mol. The summed E-state index contributed by atoms with van der Waals surface area (Å²) in [5.74, 6) is 1.47. The maximum Gasteiger partial charge on any atom is 0.190 e. The molecule has 3 atom stereocenters. The van der Waals surface area contributed by atoms with Gasteiger partial charge in [0.15, 0.2) is 8.32 Å². The average Bonchev–Trinajstić information content (AvgIpc) is 2.41.